The predicted octanol–water partition coefficient (Wildman–Crippen LogP) is 4.59. The van der Waals surface area contributed by atoms with Crippen molar-refractivity contribution in [1.82, 2.24) is 0 Å². The second kappa shape index (κ2) is 4.29. The van der Waals surface area contributed by atoms with Crippen LogP contribution in [0.2, 0.25) is 0 Å². The molecule has 0 nitrogen and oxygen atoms in total. The fraction of sp³-hybridized carbons (Fsp3) is 0.375. The lowest BCUT2D eigenvalue weighted by Gasteiger charge is -2.28. The fourth-order valence-corrected chi connectivity index (χ4v) is 2.67. The Labute approximate surface area is 98.8 Å². The summed E-state index contributed by atoms with van der Waals surface area (Å²) in [5, 5.41) is 0. The zero-order valence-corrected chi connectivity index (χ0v) is 10.5. The minimum absolute atomic E-state index is 0.461. The third-order valence-electron chi connectivity index (χ3n) is 3.63. The lowest BCUT2D eigenvalue weighted by atomic mass is 9.77. The van der Waals surface area contributed by atoms with Gasteiger partial charge in [0.1, 0.15) is 0 Å². The molecule has 0 aromatic heterocycles. The zero-order valence-electron chi connectivity index (χ0n) is 10.5. The standard InChI is InChI=1S/C16H20/c1-5-11(2)15-9-13(4)16-12(3)7-6-8-14(16)10-15/h5-7,9-11,14H,1,8H2,2-4H3. The molecule has 2 atom stereocenters. The summed E-state index contributed by atoms with van der Waals surface area (Å²) in [6, 6.07) is 0. The van der Waals surface area contributed by atoms with Crippen molar-refractivity contribution in [3.63, 3.8) is 0 Å². The van der Waals surface area contributed by atoms with Crippen molar-refractivity contribution < 1.29 is 0 Å². The van der Waals surface area contributed by atoms with Gasteiger partial charge in [0.05, 0.1) is 0 Å². The SMILES string of the molecule is C=CC(C)C1=CC2CC=CC(C)=C2C(C)=C1. The van der Waals surface area contributed by atoms with Crippen LogP contribution in [-0.4, -0.2) is 0 Å². The average molecular weight is 212 g/mol. The summed E-state index contributed by atoms with van der Waals surface area (Å²) in [6.07, 6.45) is 12.4. The Morgan fingerprint density at radius 2 is 2.19 bits per heavy atom. The van der Waals surface area contributed by atoms with Gasteiger partial charge in [0.25, 0.3) is 0 Å². The Morgan fingerprint density at radius 3 is 2.88 bits per heavy atom. The molecular formula is C16H20. The van der Waals surface area contributed by atoms with Crippen LogP contribution in [0.4, 0.5) is 0 Å². The van der Waals surface area contributed by atoms with Gasteiger partial charge in [0.15, 0.2) is 0 Å². The monoisotopic (exact) mass is 212 g/mol. The van der Waals surface area contributed by atoms with Crippen LogP contribution in [0.3, 0.4) is 0 Å². The summed E-state index contributed by atoms with van der Waals surface area (Å²) < 4.78 is 0. The maximum absolute atomic E-state index is 3.88. The molecule has 2 rings (SSSR count). The van der Waals surface area contributed by atoms with Crippen molar-refractivity contribution in [2.75, 3.05) is 0 Å². The van der Waals surface area contributed by atoms with Crippen LogP contribution >= 0.6 is 0 Å². The molecule has 0 aromatic carbocycles. The molecule has 0 aliphatic heterocycles. The predicted molar refractivity (Wildman–Crippen MR) is 71.1 cm³/mol. The lowest BCUT2D eigenvalue weighted by Crippen LogP contribution is -2.13. The minimum atomic E-state index is 0.461. The highest BCUT2D eigenvalue weighted by molar-refractivity contribution is 5.51. The molecule has 0 spiro atoms. The number of hydrogen-bond acceptors (Lipinski definition) is 0. The van der Waals surface area contributed by atoms with Crippen LogP contribution in [0, 0.1) is 11.8 Å². The molecule has 0 heteroatoms. The first-order valence-corrected chi connectivity index (χ1v) is 6.03. The van der Waals surface area contributed by atoms with E-state index < -0.39 is 0 Å². The van der Waals surface area contributed by atoms with E-state index in [1.807, 2.05) is 6.08 Å². The van der Waals surface area contributed by atoms with Gasteiger partial charge in [-0.25, -0.2) is 0 Å². The fourth-order valence-electron chi connectivity index (χ4n) is 2.67. The number of rotatable bonds is 2. The van der Waals surface area contributed by atoms with E-state index in [0.717, 1.165) is 6.42 Å². The largest absolute Gasteiger partial charge is 0.102 e. The molecule has 0 saturated heterocycles. The summed E-state index contributed by atoms with van der Waals surface area (Å²) in [7, 11) is 0. The molecule has 0 saturated carbocycles. The van der Waals surface area contributed by atoms with Gasteiger partial charge in [-0.15, -0.1) is 6.58 Å². The first kappa shape index (κ1) is 11.2. The second-order valence-electron chi connectivity index (χ2n) is 4.86. The third-order valence-corrected chi connectivity index (χ3v) is 3.63. The van der Waals surface area contributed by atoms with E-state index in [4.69, 9.17) is 0 Å². The van der Waals surface area contributed by atoms with Crippen LogP contribution in [0.5, 0.6) is 0 Å². The van der Waals surface area contributed by atoms with E-state index >= 15 is 0 Å². The maximum atomic E-state index is 3.88. The van der Waals surface area contributed by atoms with Gasteiger partial charge in [-0.2, -0.15) is 0 Å². The first-order valence-electron chi connectivity index (χ1n) is 6.03. The molecule has 2 unspecified atom stereocenters. The van der Waals surface area contributed by atoms with Gasteiger partial charge in [-0.1, -0.05) is 37.3 Å². The van der Waals surface area contributed by atoms with Crippen LogP contribution in [-0.2, 0) is 0 Å². The lowest BCUT2D eigenvalue weighted by molar-refractivity contribution is 0.726. The van der Waals surface area contributed by atoms with Gasteiger partial charge < -0.3 is 0 Å². The van der Waals surface area contributed by atoms with Crippen molar-refractivity contribution in [2.24, 2.45) is 11.8 Å². The molecule has 2 aliphatic carbocycles. The summed E-state index contributed by atoms with van der Waals surface area (Å²) in [5.41, 5.74) is 5.80. The highest BCUT2D eigenvalue weighted by Gasteiger charge is 2.22. The highest BCUT2D eigenvalue weighted by atomic mass is 14.3. The molecule has 0 aromatic rings. The Morgan fingerprint density at radius 1 is 1.44 bits per heavy atom. The topological polar surface area (TPSA) is 0 Å². The molecule has 2 aliphatic rings. The summed E-state index contributed by atoms with van der Waals surface area (Å²) in [4.78, 5) is 0. The van der Waals surface area contributed by atoms with Crippen LogP contribution in [0.15, 0.2) is 59.3 Å². The van der Waals surface area contributed by atoms with E-state index in [1.54, 1.807) is 0 Å². The van der Waals surface area contributed by atoms with Crippen molar-refractivity contribution in [2.45, 2.75) is 27.2 Å². The van der Waals surface area contributed by atoms with Crippen molar-refractivity contribution in [3.05, 3.63) is 59.3 Å². The van der Waals surface area contributed by atoms with Crippen LogP contribution in [0.1, 0.15) is 27.2 Å². The first-order chi connectivity index (χ1) is 7.63. The zero-order chi connectivity index (χ0) is 11.7. The molecule has 0 radical (unpaired) electrons. The van der Waals surface area contributed by atoms with Gasteiger partial charge in [-0.05, 0) is 48.5 Å². The van der Waals surface area contributed by atoms with E-state index in [2.05, 4.69) is 51.7 Å². The van der Waals surface area contributed by atoms with Crippen molar-refractivity contribution in [3.8, 4) is 0 Å². The maximum Gasteiger partial charge on any atom is 0.00638 e. The Kier molecular flexibility index (Phi) is 3.00. The molecule has 0 heterocycles. The van der Waals surface area contributed by atoms with E-state index in [-0.39, 0.29) is 0 Å². The number of allylic oxidation sites excluding steroid dienone is 9. The van der Waals surface area contributed by atoms with Crippen molar-refractivity contribution in [1.29, 1.82) is 0 Å². The Bertz CT molecular complexity index is 427. The normalized spacial score (nSPS) is 25.8. The smallest absolute Gasteiger partial charge is 0.00638 e. The summed E-state index contributed by atoms with van der Waals surface area (Å²) in [6.45, 7) is 10.5. The van der Waals surface area contributed by atoms with Gasteiger partial charge in [0, 0.05) is 5.92 Å². The molecule has 0 N–H and O–H groups in total. The summed E-state index contributed by atoms with van der Waals surface area (Å²) >= 11 is 0. The molecule has 16 heavy (non-hydrogen) atoms. The quantitative estimate of drug-likeness (QED) is 0.587. The number of hydrogen-bond donors (Lipinski definition) is 0. The highest BCUT2D eigenvalue weighted by Crippen LogP contribution is 2.37. The van der Waals surface area contributed by atoms with E-state index in [1.165, 1.54) is 22.3 Å². The minimum Gasteiger partial charge on any atom is -0.102 e. The van der Waals surface area contributed by atoms with E-state index in [9.17, 15) is 0 Å². The third kappa shape index (κ3) is 1.84. The van der Waals surface area contributed by atoms with Crippen molar-refractivity contribution >= 4 is 0 Å². The number of fused-ring (bicyclic) bond motifs is 1. The van der Waals surface area contributed by atoms with Crippen LogP contribution in [0.25, 0.3) is 0 Å². The Balaban J connectivity index is 2.41. The molecule has 0 amide bonds. The molecule has 84 valence electrons. The Hall–Kier alpha value is -1.30. The van der Waals surface area contributed by atoms with Crippen LogP contribution < -0.4 is 0 Å². The summed E-state index contributed by atoms with van der Waals surface area (Å²) in [5.74, 6) is 1.05. The average Bonchev–Trinajstić information content (AvgIpc) is 2.27. The van der Waals surface area contributed by atoms with Gasteiger partial charge in [-0.3, -0.25) is 0 Å². The van der Waals surface area contributed by atoms with Gasteiger partial charge >= 0.3 is 0 Å². The molecular weight excluding hydrogens is 192 g/mol. The molecule has 0 bridgehead atoms. The second-order valence-corrected chi connectivity index (χ2v) is 4.86. The van der Waals surface area contributed by atoms with Gasteiger partial charge in [0.2, 0.25) is 0 Å². The molecule has 0 fully saturated rings. The van der Waals surface area contributed by atoms with E-state index in [0.29, 0.717) is 11.8 Å².